The predicted octanol–water partition coefficient (Wildman–Crippen LogP) is 3.27. The third-order valence-corrected chi connectivity index (χ3v) is 1.92. The third-order valence-electron chi connectivity index (χ3n) is 1.92. The molecule has 0 N–H and O–H groups in total. The van der Waals surface area contributed by atoms with Crippen LogP contribution in [0.15, 0.2) is 22.8 Å². The van der Waals surface area contributed by atoms with Gasteiger partial charge in [0.05, 0.1) is 0 Å². The third kappa shape index (κ3) is 4.89. The lowest BCUT2D eigenvalue weighted by Gasteiger charge is -1.99. The van der Waals surface area contributed by atoms with Crippen LogP contribution in [0.1, 0.15) is 40.5 Å². The molecule has 0 aliphatic carbocycles. The van der Waals surface area contributed by atoms with Crippen molar-refractivity contribution in [3.8, 4) is 0 Å². The van der Waals surface area contributed by atoms with Gasteiger partial charge in [-0.2, -0.15) is 0 Å². The molecule has 0 aliphatic rings. The standard InChI is InChI=1S/C11H18O/c1-9(2)6-5-7-10(3)11(4)8-12/h6,8H,5,7H2,1-4H3. The molecule has 0 heterocycles. The molecule has 0 saturated heterocycles. The first-order chi connectivity index (χ1) is 5.57. The van der Waals surface area contributed by atoms with Crippen LogP contribution in [0.5, 0.6) is 0 Å². The number of aldehydes is 1. The maximum Gasteiger partial charge on any atom is 0.145 e. The summed E-state index contributed by atoms with van der Waals surface area (Å²) >= 11 is 0. The van der Waals surface area contributed by atoms with Gasteiger partial charge in [-0.3, -0.25) is 4.79 Å². The summed E-state index contributed by atoms with van der Waals surface area (Å²) in [6, 6.07) is 0. The van der Waals surface area contributed by atoms with E-state index in [1.807, 2.05) is 13.8 Å². The van der Waals surface area contributed by atoms with Crippen molar-refractivity contribution in [1.82, 2.24) is 0 Å². The van der Waals surface area contributed by atoms with E-state index in [2.05, 4.69) is 19.9 Å². The van der Waals surface area contributed by atoms with Crippen molar-refractivity contribution in [3.63, 3.8) is 0 Å². The lowest BCUT2D eigenvalue weighted by atomic mass is 10.1. The second-order valence-electron chi connectivity index (χ2n) is 3.40. The molecule has 0 aromatic heterocycles. The minimum Gasteiger partial charge on any atom is -0.298 e. The van der Waals surface area contributed by atoms with E-state index in [1.165, 1.54) is 11.1 Å². The summed E-state index contributed by atoms with van der Waals surface area (Å²) in [7, 11) is 0. The molecule has 0 rings (SSSR count). The van der Waals surface area contributed by atoms with Crippen LogP contribution in [-0.4, -0.2) is 6.29 Å². The fourth-order valence-corrected chi connectivity index (χ4v) is 0.875. The molecule has 0 bridgehead atoms. The predicted molar refractivity (Wildman–Crippen MR) is 53.1 cm³/mol. The molecular weight excluding hydrogens is 148 g/mol. The number of rotatable bonds is 4. The van der Waals surface area contributed by atoms with E-state index in [1.54, 1.807) is 0 Å². The molecule has 0 aliphatic heterocycles. The van der Waals surface area contributed by atoms with Gasteiger partial charge in [0.25, 0.3) is 0 Å². The molecule has 0 unspecified atom stereocenters. The van der Waals surface area contributed by atoms with Crippen LogP contribution in [0.3, 0.4) is 0 Å². The van der Waals surface area contributed by atoms with Crippen LogP contribution < -0.4 is 0 Å². The Kier molecular flexibility index (Phi) is 5.35. The van der Waals surface area contributed by atoms with Gasteiger partial charge in [-0.25, -0.2) is 0 Å². The van der Waals surface area contributed by atoms with Crippen molar-refractivity contribution in [3.05, 3.63) is 22.8 Å². The normalized spacial score (nSPS) is 12.0. The van der Waals surface area contributed by atoms with E-state index in [0.29, 0.717) is 0 Å². The lowest BCUT2D eigenvalue weighted by molar-refractivity contribution is -0.104. The van der Waals surface area contributed by atoms with Crippen LogP contribution in [-0.2, 0) is 4.79 Å². The van der Waals surface area contributed by atoms with E-state index >= 15 is 0 Å². The summed E-state index contributed by atoms with van der Waals surface area (Å²) in [5.41, 5.74) is 3.41. The second kappa shape index (κ2) is 5.76. The Morgan fingerprint density at radius 1 is 1.17 bits per heavy atom. The zero-order valence-corrected chi connectivity index (χ0v) is 8.48. The van der Waals surface area contributed by atoms with Gasteiger partial charge < -0.3 is 0 Å². The second-order valence-corrected chi connectivity index (χ2v) is 3.40. The van der Waals surface area contributed by atoms with Crippen molar-refractivity contribution in [2.24, 2.45) is 0 Å². The number of allylic oxidation sites excluding steroid dienone is 4. The number of carbonyl (C=O) groups excluding carboxylic acids is 1. The number of hydrogen-bond acceptors (Lipinski definition) is 1. The largest absolute Gasteiger partial charge is 0.298 e. The van der Waals surface area contributed by atoms with Crippen molar-refractivity contribution in [2.75, 3.05) is 0 Å². The molecule has 0 aromatic rings. The SMILES string of the molecule is CC(C)=CCCC(C)=C(C)C=O. The van der Waals surface area contributed by atoms with Crippen LogP contribution >= 0.6 is 0 Å². The molecule has 0 radical (unpaired) electrons. The van der Waals surface area contributed by atoms with Crippen molar-refractivity contribution < 1.29 is 4.79 Å². The maximum absolute atomic E-state index is 10.4. The molecule has 0 amide bonds. The molecule has 68 valence electrons. The van der Waals surface area contributed by atoms with E-state index in [9.17, 15) is 4.79 Å². The Balaban J connectivity index is 3.95. The van der Waals surface area contributed by atoms with E-state index in [0.717, 1.165) is 24.7 Å². The highest BCUT2D eigenvalue weighted by molar-refractivity contribution is 5.73. The average molecular weight is 166 g/mol. The van der Waals surface area contributed by atoms with Crippen LogP contribution in [0.2, 0.25) is 0 Å². The molecule has 0 atom stereocenters. The lowest BCUT2D eigenvalue weighted by Crippen LogP contribution is -1.85. The Labute approximate surface area is 75.2 Å². The summed E-state index contributed by atoms with van der Waals surface area (Å²) in [5, 5.41) is 0. The molecule has 12 heavy (non-hydrogen) atoms. The fraction of sp³-hybridized carbons (Fsp3) is 0.545. The van der Waals surface area contributed by atoms with Crippen LogP contribution in [0.25, 0.3) is 0 Å². The van der Waals surface area contributed by atoms with Gasteiger partial charge in [-0.15, -0.1) is 0 Å². The van der Waals surface area contributed by atoms with Gasteiger partial charge >= 0.3 is 0 Å². The Hall–Kier alpha value is -0.850. The minimum atomic E-state index is 0.872. The molecule has 0 spiro atoms. The van der Waals surface area contributed by atoms with Gasteiger partial charge in [-0.05, 0) is 46.1 Å². The minimum absolute atomic E-state index is 0.872. The zero-order chi connectivity index (χ0) is 9.56. The molecule has 0 saturated carbocycles. The molecule has 0 fully saturated rings. The van der Waals surface area contributed by atoms with Crippen molar-refractivity contribution in [2.45, 2.75) is 40.5 Å². The highest BCUT2D eigenvalue weighted by atomic mass is 16.1. The van der Waals surface area contributed by atoms with Crippen molar-refractivity contribution in [1.29, 1.82) is 0 Å². The topological polar surface area (TPSA) is 17.1 Å². The Morgan fingerprint density at radius 3 is 2.17 bits per heavy atom. The van der Waals surface area contributed by atoms with Gasteiger partial charge in [0.15, 0.2) is 0 Å². The van der Waals surface area contributed by atoms with Gasteiger partial charge in [0, 0.05) is 0 Å². The number of hydrogen-bond donors (Lipinski definition) is 0. The summed E-state index contributed by atoms with van der Waals surface area (Å²) in [6.45, 7) is 8.06. The average Bonchev–Trinajstić information content (AvgIpc) is 2.02. The first-order valence-electron chi connectivity index (χ1n) is 4.32. The van der Waals surface area contributed by atoms with Crippen LogP contribution in [0, 0.1) is 0 Å². The first-order valence-corrected chi connectivity index (χ1v) is 4.32. The summed E-state index contributed by atoms with van der Waals surface area (Å²) in [6.07, 6.45) is 5.16. The van der Waals surface area contributed by atoms with Crippen LogP contribution in [0.4, 0.5) is 0 Å². The first kappa shape index (κ1) is 11.2. The highest BCUT2D eigenvalue weighted by Gasteiger charge is 1.93. The zero-order valence-electron chi connectivity index (χ0n) is 8.48. The number of carbonyl (C=O) groups is 1. The highest BCUT2D eigenvalue weighted by Crippen LogP contribution is 2.09. The molecular formula is C11H18O. The quantitative estimate of drug-likeness (QED) is 0.356. The summed E-state index contributed by atoms with van der Waals surface area (Å²) in [5.74, 6) is 0. The Bertz CT molecular complexity index is 205. The van der Waals surface area contributed by atoms with E-state index in [4.69, 9.17) is 0 Å². The van der Waals surface area contributed by atoms with E-state index < -0.39 is 0 Å². The smallest absolute Gasteiger partial charge is 0.145 e. The van der Waals surface area contributed by atoms with Gasteiger partial charge in [0.1, 0.15) is 6.29 Å². The van der Waals surface area contributed by atoms with Gasteiger partial charge in [-0.1, -0.05) is 17.2 Å². The summed E-state index contributed by atoms with van der Waals surface area (Å²) in [4.78, 5) is 10.4. The molecule has 0 aromatic carbocycles. The van der Waals surface area contributed by atoms with Gasteiger partial charge in [0.2, 0.25) is 0 Å². The van der Waals surface area contributed by atoms with Crippen molar-refractivity contribution >= 4 is 6.29 Å². The Morgan fingerprint density at radius 2 is 1.75 bits per heavy atom. The summed E-state index contributed by atoms with van der Waals surface area (Å²) < 4.78 is 0. The molecule has 1 heteroatoms. The molecule has 1 nitrogen and oxygen atoms in total. The maximum atomic E-state index is 10.4. The monoisotopic (exact) mass is 166 g/mol. The fourth-order valence-electron chi connectivity index (χ4n) is 0.875. The van der Waals surface area contributed by atoms with E-state index in [-0.39, 0.29) is 0 Å².